The van der Waals surface area contributed by atoms with Crippen LogP contribution in [0.1, 0.15) is 0 Å². The Hall–Kier alpha value is -2.02. The quantitative estimate of drug-likeness (QED) is 0.575. The fourth-order valence-corrected chi connectivity index (χ4v) is 2.31. The van der Waals surface area contributed by atoms with Gasteiger partial charge in [0.2, 0.25) is 11.7 Å². The number of fused-ring (bicyclic) bond motifs is 1. The minimum absolute atomic E-state index is 0.0294. The number of piperazine rings is 1. The number of hydrogen-bond donors (Lipinski definition) is 0. The Labute approximate surface area is 114 Å². The van der Waals surface area contributed by atoms with Crippen LogP contribution in [0.4, 0.5) is 14.6 Å². The Morgan fingerprint density at radius 2 is 1.80 bits per heavy atom. The van der Waals surface area contributed by atoms with Gasteiger partial charge in [-0.2, -0.15) is 4.73 Å². The molecular formula is C13H14F2N4O. The molecular weight excluding hydrogens is 266 g/mol. The van der Waals surface area contributed by atoms with E-state index in [4.69, 9.17) is 0 Å². The summed E-state index contributed by atoms with van der Waals surface area (Å²) in [6, 6.07) is 1.83. The highest BCUT2D eigenvalue weighted by Crippen LogP contribution is 2.18. The van der Waals surface area contributed by atoms with Gasteiger partial charge in [0.05, 0.1) is 6.07 Å². The van der Waals surface area contributed by atoms with Gasteiger partial charge in [0.1, 0.15) is 5.52 Å². The molecule has 0 aliphatic carbocycles. The van der Waals surface area contributed by atoms with E-state index in [1.165, 1.54) is 6.20 Å². The molecule has 1 fully saturated rings. The molecule has 1 aromatic carbocycles. The maximum atomic E-state index is 13.3. The van der Waals surface area contributed by atoms with Crippen LogP contribution in [0.5, 0.6) is 0 Å². The van der Waals surface area contributed by atoms with Crippen LogP contribution >= 0.6 is 0 Å². The summed E-state index contributed by atoms with van der Waals surface area (Å²) >= 11 is 0. The van der Waals surface area contributed by atoms with Gasteiger partial charge in [-0.1, -0.05) is 0 Å². The van der Waals surface area contributed by atoms with Crippen LogP contribution in [0.2, 0.25) is 0 Å². The number of likely N-dealkylation sites (N-methyl/N-ethyl adjacent to an activating group) is 1. The molecule has 0 radical (unpaired) electrons. The zero-order chi connectivity index (χ0) is 14.3. The molecule has 0 amide bonds. The molecule has 106 valence electrons. The van der Waals surface area contributed by atoms with Crippen molar-refractivity contribution < 1.29 is 13.5 Å². The number of halogens is 2. The second kappa shape index (κ2) is 4.82. The molecule has 2 aromatic rings. The highest BCUT2D eigenvalue weighted by atomic mass is 19.2. The lowest BCUT2D eigenvalue weighted by molar-refractivity contribution is -0.576. The summed E-state index contributed by atoms with van der Waals surface area (Å²) < 4.78 is 27.0. The Kier molecular flexibility index (Phi) is 3.13. The summed E-state index contributed by atoms with van der Waals surface area (Å²) in [7, 11) is 2.02. The van der Waals surface area contributed by atoms with E-state index in [-0.39, 0.29) is 11.0 Å². The summed E-state index contributed by atoms with van der Waals surface area (Å²) in [5, 5.41) is 11.9. The van der Waals surface area contributed by atoms with E-state index in [0.29, 0.717) is 10.5 Å². The molecule has 0 unspecified atom stereocenters. The summed E-state index contributed by atoms with van der Waals surface area (Å²) in [5.74, 6) is -1.55. The van der Waals surface area contributed by atoms with E-state index in [1.807, 2.05) is 11.9 Å². The van der Waals surface area contributed by atoms with Gasteiger partial charge in [0, 0.05) is 32.2 Å². The second-order valence-corrected chi connectivity index (χ2v) is 4.97. The molecule has 0 spiro atoms. The molecule has 0 saturated carbocycles. The number of anilines is 1. The first-order chi connectivity index (χ1) is 9.54. The van der Waals surface area contributed by atoms with Crippen molar-refractivity contribution in [2.45, 2.75) is 0 Å². The fourth-order valence-electron chi connectivity index (χ4n) is 2.31. The van der Waals surface area contributed by atoms with Crippen molar-refractivity contribution in [1.29, 1.82) is 0 Å². The minimum Gasteiger partial charge on any atom is -0.618 e. The van der Waals surface area contributed by atoms with Crippen LogP contribution in [0.25, 0.3) is 11.0 Å². The van der Waals surface area contributed by atoms with Crippen LogP contribution in [0.3, 0.4) is 0 Å². The summed E-state index contributed by atoms with van der Waals surface area (Å²) in [5.41, 5.74) is 0.192. The zero-order valence-electron chi connectivity index (χ0n) is 11.0. The second-order valence-electron chi connectivity index (χ2n) is 4.97. The molecule has 0 atom stereocenters. The van der Waals surface area contributed by atoms with Gasteiger partial charge in [-0.05, 0) is 7.05 Å². The van der Waals surface area contributed by atoms with Gasteiger partial charge in [-0.3, -0.25) is 0 Å². The Morgan fingerprint density at radius 1 is 1.15 bits per heavy atom. The Balaban J connectivity index is 2.03. The van der Waals surface area contributed by atoms with E-state index in [2.05, 4.69) is 9.88 Å². The van der Waals surface area contributed by atoms with Gasteiger partial charge in [-0.15, -0.1) is 0 Å². The Morgan fingerprint density at radius 3 is 2.50 bits per heavy atom. The molecule has 1 aliphatic heterocycles. The average Bonchev–Trinajstić information content (AvgIpc) is 2.42. The monoisotopic (exact) mass is 280 g/mol. The number of nitrogens with zero attached hydrogens (tertiary/aromatic N) is 4. The molecule has 0 N–H and O–H groups in total. The first-order valence-electron chi connectivity index (χ1n) is 6.37. The van der Waals surface area contributed by atoms with E-state index >= 15 is 0 Å². The lowest BCUT2D eigenvalue weighted by atomic mass is 10.2. The molecule has 20 heavy (non-hydrogen) atoms. The fraction of sp³-hybridized carbons (Fsp3) is 0.385. The van der Waals surface area contributed by atoms with Crippen molar-refractivity contribution in [3.63, 3.8) is 0 Å². The molecule has 1 saturated heterocycles. The highest BCUT2D eigenvalue weighted by molar-refractivity contribution is 5.72. The molecule has 7 heteroatoms. The molecule has 0 bridgehead atoms. The van der Waals surface area contributed by atoms with Gasteiger partial charge in [-0.25, -0.2) is 13.8 Å². The van der Waals surface area contributed by atoms with E-state index < -0.39 is 11.6 Å². The van der Waals surface area contributed by atoms with E-state index in [0.717, 1.165) is 38.3 Å². The van der Waals surface area contributed by atoms with Crippen LogP contribution in [-0.2, 0) is 0 Å². The van der Waals surface area contributed by atoms with Crippen molar-refractivity contribution in [3.05, 3.63) is 35.2 Å². The molecule has 1 aliphatic rings. The molecule has 3 rings (SSSR count). The van der Waals surface area contributed by atoms with Gasteiger partial charge in [0.15, 0.2) is 17.5 Å². The van der Waals surface area contributed by atoms with Crippen LogP contribution in [0, 0.1) is 16.8 Å². The largest absolute Gasteiger partial charge is 0.618 e. The first kappa shape index (κ1) is 13.0. The predicted octanol–water partition coefficient (Wildman–Crippen LogP) is 0.898. The lowest BCUT2D eigenvalue weighted by Crippen LogP contribution is -2.45. The third-order valence-corrected chi connectivity index (χ3v) is 3.55. The number of aromatic nitrogens is 2. The normalized spacial score (nSPS) is 16.9. The standard InChI is InChI=1S/C13H14F2N4O/c1-17-2-4-18(5-3-17)13-8-19(20)12-7-10(15)9(14)6-11(12)16-13/h6-8H,2-5H2,1H3. The van der Waals surface area contributed by atoms with Gasteiger partial charge < -0.3 is 15.0 Å². The molecule has 1 aromatic heterocycles. The van der Waals surface area contributed by atoms with Crippen molar-refractivity contribution in [2.75, 3.05) is 38.1 Å². The smallest absolute Gasteiger partial charge is 0.245 e. The zero-order valence-corrected chi connectivity index (χ0v) is 11.0. The van der Waals surface area contributed by atoms with Crippen molar-refractivity contribution in [2.24, 2.45) is 0 Å². The molecule has 2 heterocycles. The van der Waals surface area contributed by atoms with Gasteiger partial charge in [0.25, 0.3) is 0 Å². The third kappa shape index (κ3) is 2.24. The summed E-state index contributed by atoms with van der Waals surface area (Å²) in [6.07, 6.45) is 1.31. The van der Waals surface area contributed by atoms with E-state index in [9.17, 15) is 14.0 Å². The first-order valence-corrected chi connectivity index (χ1v) is 6.37. The maximum absolute atomic E-state index is 13.3. The SMILES string of the molecule is CN1CCN(c2c[n+]([O-])c3cc(F)c(F)cc3n2)CC1. The van der Waals surface area contributed by atoms with Crippen molar-refractivity contribution >= 4 is 16.9 Å². The highest BCUT2D eigenvalue weighted by Gasteiger charge is 2.20. The van der Waals surface area contributed by atoms with Crippen LogP contribution < -0.4 is 9.63 Å². The lowest BCUT2D eigenvalue weighted by Gasteiger charge is -2.32. The topological polar surface area (TPSA) is 46.3 Å². The maximum Gasteiger partial charge on any atom is 0.245 e. The minimum atomic E-state index is -1.05. The Bertz CT molecular complexity index is 656. The number of hydrogen-bond acceptors (Lipinski definition) is 4. The third-order valence-electron chi connectivity index (χ3n) is 3.55. The van der Waals surface area contributed by atoms with Crippen LogP contribution in [-0.4, -0.2) is 43.1 Å². The predicted molar refractivity (Wildman–Crippen MR) is 70.3 cm³/mol. The van der Waals surface area contributed by atoms with E-state index in [1.54, 1.807) is 0 Å². The van der Waals surface area contributed by atoms with Crippen LogP contribution in [0.15, 0.2) is 18.3 Å². The number of benzene rings is 1. The summed E-state index contributed by atoms with van der Waals surface area (Å²) in [6.45, 7) is 3.24. The average molecular weight is 280 g/mol. The molecule has 5 nitrogen and oxygen atoms in total. The van der Waals surface area contributed by atoms with Crippen molar-refractivity contribution in [1.82, 2.24) is 9.88 Å². The van der Waals surface area contributed by atoms with Crippen molar-refractivity contribution in [3.8, 4) is 0 Å². The van der Waals surface area contributed by atoms with Gasteiger partial charge >= 0.3 is 0 Å². The number of rotatable bonds is 1. The summed E-state index contributed by atoms with van der Waals surface area (Å²) in [4.78, 5) is 8.41.